The molecule has 1 aromatic heterocycles. The Kier molecular flexibility index (Phi) is 5.17. The molecule has 7 nitrogen and oxygen atoms in total. The molecule has 2 unspecified atom stereocenters. The van der Waals surface area contributed by atoms with Crippen molar-refractivity contribution in [2.45, 2.75) is 44.1 Å². The van der Waals surface area contributed by atoms with Crippen molar-refractivity contribution in [3.05, 3.63) is 53.6 Å². The van der Waals surface area contributed by atoms with E-state index in [0.29, 0.717) is 12.2 Å². The number of fused-ring (bicyclic) bond motifs is 1. The number of amides is 1. The van der Waals surface area contributed by atoms with Crippen molar-refractivity contribution in [2.75, 3.05) is 6.61 Å². The molecule has 3 rings (SSSR count). The van der Waals surface area contributed by atoms with E-state index in [1.807, 2.05) is 30.3 Å². The molecule has 0 saturated heterocycles. The van der Waals surface area contributed by atoms with E-state index in [1.54, 1.807) is 10.8 Å². The lowest BCUT2D eigenvalue weighted by Gasteiger charge is -2.37. The summed E-state index contributed by atoms with van der Waals surface area (Å²) in [6.45, 7) is 1.02. The number of carbonyl (C=O) groups is 1. The van der Waals surface area contributed by atoms with E-state index < -0.39 is 24.3 Å². The van der Waals surface area contributed by atoms with Crippen molar-refractivity contribution in [2.24, 2.45) is 0 Å². The van der Waals surface area contributed by atoms with Crippen molar-refractivity contribution < 1.29 is 20.1 Å². The molecule has 2 heterocycles. The molecular formula is C18H23N3O4. The molecule has 4 N–H and O–H groups in total. The fourth-order valence-corrected chi connectivity index (χ4v) is 3.30. The topological polar surface area (TPSA) is 108 Å². The second kappa shape index (κ2) is 7.35. The summed E-state index contributed by atoms with van der Waals surface area (Å²) in [5, 5.41) is 32.8. The van der Waals surface area contributed by atoms with E-state index in [2.05, 4.69) is 10.3 Å². The number of hydrogen-bond acceptors (Lipinski definition) is 5. The van der Waals surface area contributed by atoms with Crippen molar-refractivity contribution in [3.8, 4) is 0 Å². The molecule has 0 fully saturated rings. The van der Waals surface area contributed by atoms with Gasteiger partial charge in [0.1, 0.15) is 24.1 Å². The van der Waals surface area contributed by atoms with Crippen molar-refractivity contribution in [1.29, 1.82) is 0 Å². The largest absolute Gasteiger partial charge is 0.394 e. The summed E-state index contributed by atoms with van der Waals surface area (Å²) in [4.78, 5) is 16.0. The second-order valence-corrected chi connectivity index (χ2v) is 6.39. The summed E-state index contributed by atoms with van der Waals surface area (Å²) >= 11 is 0. The van der Waals surface area contributed by atoms with Gasteiger partial charge in [0, 0.05) is 13.1 Å². The number of rotatable bonds is 5. The number of aliphatic hydroxyl groups excluding tert-OH is 3. The Morgan fingerprint density at radius 1 is 1.20 bits per heavy atom. The first kappa shape index (κ1) is 17.6. The molecule has 1 aromatic carbocycles. The predicted molar refractivity (Wildman–Crippen MR) is 90.8 cm³/mol. The Morgan fingerprint density at radius 3 is 2.56 bits per heavy atom. The maximum Gasteiger partial charge on any atom is 0.217 e. The van der Waals surface area contributed by atoms with E-state index >= 15 is 0 Å². The van der Waals surface area contributed by atoms with Crippen LogP contribution >= 0.6 is 0 Å². The molecule has 0 saturated carbocycles. The average Bonchev–Trinajstić information content (AvgIpc) is 3.02. The first-order chi connectivity index (χ1) is 12.0. The number of carbonyl (C=O) groups excluding carboxylic acids is 1. The van der Waals surface area contributed by atoms with Crippen LogP contribution in [-0.2, 0) is 17.6 Å². The molecule has 0 radical (unpaired) electrons. The quantitative estimate of drug-likeness (QED) is 0.615. The zero-order valence-corrected chi connectivity index (χ0v) is 14.0. The minimum atomic E-state index is -1.22. The molecule has 0 aliphatic carbocycles. The van der Waals surface area contributed by atoms with Crippen LogP contribution in [0.4, 0.5) is 0 Å². The van der Waals surface area contributed by atoms with Crippen molar-refractivity contribution in [3.63, 3.8) is 0 Å². The number of nitrogens with one attached hydrogen (secondary N) is 1. The van der Waals surface area contributed by atoms with Gasteiger partial charge in [0.2, 0.25) is 5.91 Å². The van der Waals surface area contributed by atoms with Gasteiger partial charge in [-0.3, -0.25) is 4.79 Å². The predicted octanol–water partition coefficient (Wildman–Crippen LogP) is 0.114. The molecule has 1 aliphatic rings. The molecule has 4 atom stereocenters. The van der Waals surface area contributed by atoms with Crippen molar-refractivity contribution >= 4 is 5.91 Å². The minimum Gasteiger partial charge on any atom is -0.394 e. The molecule has 0 bridgehead atoms. The number of aromatic nitrogens is 2. The van der Waals surface area contributed by atoms with Crippen molar-refractivity contribution in [1.82, 2.24) is 14.9 Å². The minimum absolute atomic E-state index is 0.320. The third-order valence-corrected chi connectivity index (χ3v) is 4.59. The lowest BCUT2D eigenvalue weighted by atomic mass is 9.94. The summed E-state index contributed by atoms with van der Waals surface area (Å²) in [5.74, 6) is 0.134. The van der Waals surface area contributed by atoms with Crippen LogP contribution in [0.2, 0.25) is 0 Å². The van der Waals surface area contributed by atoms with Gasteiger partial charge in [-0.15, -0.1) is 0 Å². The average molecular weight is 345 g/mol. The molecule has 0 spiro atoms. The highest BCUT2D eigenvalue weighted by atomic mass is 16.3. The Labute approximate surface area is 146 Å². The van der Waals surface area contributed by atoms with Gasteiger partial charge in [0.25, 0.3) is 0 Å². The van der Waals surface area contributed by atoms with Crippen LogP contribution in [0.15, 0.2) is 36.5 Å². The van der Waals surface area contributed by atoms with Gasteiger partial charge in [-0.2, -0.15) is 0 Å². The SMILES string of the molecule is CC(=O)NC1c2nc(CCc3ccccc3)cn2C(CO)[C@H](O)[C@@H]1O. The van der Waals surface area contributed by atoms with Crippen LogP contribution < -0.4 is 5.32 Å². The molecule has 134 valence electrons. The summed E-state index contributed by atoms with van der Waals surface area (Å²) in [5.41, 5.74) is 1.97. The smallest absolute Gasteiger partial charge is 0.217 e. The van der Waals surface area contributed by atoms with Gasteiger partial charge in [0.05, 0.1) is 18.3 Å². The summed E-state index contributed by atoms with van der Waals surface area (Å²) in [6.07, 6.45) is 0.852. The van der Waals surface area contributed by atoms with Gasteiger partial charge in [-0.25, -0.2) is 4.98 Å². The van der Waals surface area contributed by atoms with Gasteiger partial charge in [-0.05, 0) is 18.4 Å². The monoisotopic (exact) mass is 345 g/mol. The number of aliphatic hydroxyl groups is 3. The number of nitrogens with zero attached hydrogens (tertiary/aromatic N) is 2. The lowest BCUT2D eigenvalue weighted by Crippen LogP contribution is -2.51. The van der Waals surface area contributed by atoms with E-state index in [0.717, 1.165) is 12.1 Å². The maximum absolute atomic E-state index is 11.5. The third kappa shape index (κ3) is 3.58. The van der Waals surface area contributed by atoms with E-state index in [1.165, 1.54) is 12.5 Å². The van der Waals surface area contributed by atoms with Gasteiger partial charge in [0.15, 0.2) is 0 Å². The zero-order chi connectivity index (χ0) is 18.0. The maximum atomic E-state index is 11.5. The molecular weight excluding hydrogens is 322 g/mol. The first-order valence-electron chi connectivity index (χ1n) is 8.37. The molecule has 2 aromatic rings. The van der Waals surface area contributed by atoms with Crippen LogP contribution in [0.25, 0.3) is 0 Å². The Hall–Kier alpha value is -2.22. The Balaban J connectivity index is 1.87. The summed E-state index contributed by atoms with van der Waals surface area (Å²) in [7, 11) is 0. The number of aryl methyl sites for hydroxylation is 2. The first-order valence-corrected chi connectivity index (χ1v) is 8.37. The van der Waals surface area contributed by atoms with E-state index in [4.69, 9.17) is 0 Å². The van der Waals surface area contributed by atoms with Gasteiger partial charge < -0.3 is 25.2 Å². The molecule has 7 heteroatoms. The number of imidazole rings is 1. The van der Waals surface area contributed by atoms with Gasteiger partial charge in [-0.1, -0.05) is 30.3 Å². The number of benzene rings is 1. The fraction of sp³-hybridized carbons (Fsp3) is 0.444. The van der Waals surface area contributed by atoms with E-state index in [-0.39, 0.29) is 12.5 Å². The Bertz CT molecular complexity index is 731. The van der Waals surface area contributed by atoms with Crippen LogP contribution in [0.1, 0.15) is 36.1 Å². The van der Waals surface area contributed by atoms with Crippen LogP contribution in [0.3, 0.4) is 0 Å². The lowest BCUT2D eigenvalue weighted by molar-refractivity contribution is -0.123. The zero-order valence-electron chi connectivity index (χ0n) is 14.0. The highest BCUT2D eigenvalue weighted by Crippen LogP contribution is 2.32. The van der Waals surface area contributed by atoms with Crippen LogP contribution in [-0.4, -0.2) is 49.6 Å². The highest BCUT2D eigenvalue weighted by molar-refractivity contribution is 5.73. The Morgan fingerprint density at radius 2 is 1.92 bits per heavy atom. The van der Waals surface area contributed by atoms with Crippen LogP contribution in [0, 0.1) is 0 Å². The highest BCUT2D eigenvalue weighted by Gasteiger charge is 2.42. The van der Waals surface area contributed by atoms with Gasteiger partial charge >= 0.3 is 0 Å². The molecule has 25 heavy (non-hydrogen) atoms. The molecule has 1 amide bonds. The summed E-state index contributed by atoms with van der Waals surface area (Å²) < 4.78 is 1.66. The summed E-state index contributed by atoms with van der Waals surface area (Å²) in [6, 6.07) is 8.52. The normalized spacial score (nSPS) is 25.4. The number of hydrogen-bond donors (Lipinski definition) is 4. The fourth-order valence-electron chi connectivity index (χ4n) is 3.30. The van der Waals surface area contributed by atoms with E-state index in [9.17, 15) is 20.1 Å². The third-order valence-electron chi connectivity index (χ3n) is 4.59. The van der Waals surface area contributed by atoms with Crippen LogP contribution in [0.5, 0.6) is 0 Å². The standard InChI is InChI=1S/C18H23N3O4/c1-11(23)19-15-17(25)16(24)14(10-22)21-9-13(20-18(15)21)8-7-12-5-3-2-4-6-12/h2-6,9,14-17,22,24-25H,7-8,10H2,1H3,(H,19,23)/t14?,15?,16-,17+/m0/s1. The second-order valence-electron chi connectivity index (χ2n) is 6.39. The molecule has 1 aliphatic heterocycles.